The van der Waals surface area contributed by atoms with Crippen LogP contribution in [0.15, 0.2) is 65.5 Å². The third-order valence-electron chi connectivity index (χ3n) is 5.86. The molecular weight excluding hydrogens is 436 g/mol. The fourth-order valence-electron chi connectivity index (χ4n) is 3.94. The summed E-state index contributed by atoms with van der Waals surface area (Å²) in [5.41, 5.74) is 2.96. The summed E-state index contributed by atoms with van der Waals surface area (Å²) in [5, 5.41) is 5.22. The second-order valence-electron chi connectivity index (χ2n) is 8.08. The van der Waals surface area contributed by atoms with Crippen LogP contribution in [0, 0.1) is 0 Å². The van der Waals surface area contributed by atoms with Crippen molar-refractivity contribution in [1.29, 1.82) is 0 Å². The zero-order valence-corrected chi connectivity index (χ0v) is 19.6. The first-order valence-corrected chi connectivity index (χ1v) is 11.6. The summed E-state index contributed by atoms with van der Waals surface area (Å²) in [6.45, 7) is 5.58. The molecule has 0 unspecified atom stereocenters. The van der Waals surface area contributed by atoms with Gasteiger partial charge in [0.15, 0.2) is 0 Å². The van der Waals surface area contributed by atoms with Crippen LogP contribution in [0.2, 0.25) is 5.02 Å². The summed E-state index contributed by atoms with van der Waals surface area (Å²) in [4.78, 5) is 17.1. The lowest BCUT2D eigenvalue weighted by Gasteiger charge is -2.36. The third-order valence-corrected chi connectivity index (χ3v) is 6.11. The number of aryl methyl sites for hydroxylation is 1. The highest BCUT2D eigenvalue weighted by Crippen LogP contribution is 2.20. The standard InChI is InChI=1S/C26H29ClN4O2/c1-33-25-12-10-24(11-13-25)30-19-17-29(18-20-30)15-2-16-31-26(32)14-9-23(28-31)8-5-21-3-6-22(27)7-4-21/h3-14H,2,15-20H2,1H3/b8-5+. The largest absolute Gasteiger partial charge is 0.497 e. The van der Waals surface area contributed by atoms with Gasteiger partial charge in [-0.1, -0.05) is 29.8 Å². The van der Waals surface area contributed by atoms with Gasteiger partial charge in [0.05, 0.1) is 12.8 Å². The molecule has 1 saturated heterocycles. The molecule has 7 heteroatoms. The Morgan fingerprint density at radius 3 is 2.33 bits per heavy atom. The van der Waals surface area contributed by atoms with Crippen LogP contribution in [0.25, 0.3) is 12.2 Å². The summed E-state index contributed by atoms with van der Waals surface area (Å²) < 4.78 is 6.81. The number of methoxy groups -OCH3 is 1. The summed E-state index contributed by atoms with van der Waals surface area (Å²) in [5.74, 6) is 0.880. The number of anilines is 1. The van der Waals surface area contributed by atoms with Gasteiger partial charge in [-0.05, 0) is 60.5 Å². The minimum Gasteiger partial charge on any atom is -0.497 e. The summed E-state index contributed by atoms with van der Waals surface area (Å²) >= 11 is 5.93. The van der Waals surface area contributed by atoms with Crippen LogP contribution in [0.4, 0.5) is 5.69 Å². The van der Waals surface area contributed by atoms with Crippen LogP contribution < -0.4 is 15.2 Å². The number of aromatic nitrogens is 2. The van der Waals surface area contributed by atoms with Gasteiger partial charge in [0.25, 0.3) is 5.56 Å². The maximum Gasteiger partial charge on any atom is 0.266 e. The van der Waals surface area contributed by atoms with Crippen LogP contribution in [-0.2, 0) is 6.54 Å². The Bertz CT molecular complexity index is 1120. The molecule has 33 heavy (non-hydrogen) atoms. The minimum absolute atomic E-state index is 0.0667. The molecule has 0 aliphatic carbocycles. The van der Waals surface area contributed by atoms with Crippen LogP contribution in [0.3, 0.4) is 0 Å². The maximum absolute atomic E-state index is 12.2. The average molecular weight is 465 g/mol. The quantitative estimate of drug-likeness (QED) is 0.497. The van der Waals surface area contributed by atoms with Crippen molar-refractivity contribution in [1.82, 2.24) is 14.7 Å². The number of piperazine rings is 1. The Kier molecular flexibility index (Phi) is 7.81. The maximum atomic E-state index is 12.2. The smallest absolute Gasteiger partial charge is 0.266 e. The van der Waals surface area contributed by atoms with E-state index in [1.807, 2.05) is 48.6 Å². The second-order valence-corrected chi connectivity index (χ2v) is 8.52. The lowest BCUT2D eigenvalue weighted by Crippen LogP contribution is -2.46. The second kappa shape index (κ2) is 11.2. The van der Waals surface area contributed by atoms with E-state index in [1.165, 1.54) is 5.69 Å². The number of rotatable bonds is 8. The number of ether oxygens (including phenoxy) is 1. The van der Waals surface area contributed by atoms with E-state index < -0.39 is 0 Å². The van der Waals surface area contributed by atoms with Crippen LogP contribution >= 0.6 is 11.6 Å². The molecule has 0 N–H and O–H groups in total. The van der Waals surface area contributed by atoms with Gasteiger partial charge in [0, 0.05) is 56.0 Å². The van der Waals surface area contributed by atoms with Crippen LogP contribution in [0.1, 0.15) is 17.7 Å². The van der Waals surface area contributed by atoms with Crippen molar-refractivity contribution in [2.24, 2.45) is 0 Å². The highest BCUT2D eigenvalue weighted by Gasteiger charge is 2.17. The van der Waals surface area contributed by atoms with Crippen molar-refractivity contribution in [3.63, 3.8) is 0 Å². The lowest BCUT2D eigenvalue weighted by molar-refractivity contribution is 0.248. The van der Waals surface area contributed by atoms with Crippen molar-refractivity contribution in [2.75, 3.05) is 44.7 Å². The Labute approximate surface area is 199 Å². The van der Waals surface area contributed by atoms with Gasteiger partial charge in [0.2, 0.25) is 0 Å². The Balaban J connectivity index is 1.26. The molecule has 3 aromatic rings. The first-order valence-electron chi connectivity index (χ1n) is 11.2. The first kappa shape index (κ1) is 23.1. The predicted octanol–water partition coefficient (Wildman–Crippen LogP) is 4.29. The molecule has 1 aliphatic heterocycles. The fraction of sp³-hybridized carbons (Fsp3) is 0.308. The molecule has 6 nitrogen and oxygen atoms in total. The van der Waals surface area contributed by atoms with E-state index in [0.29, 0.717) is 11.6 Å². The highest BCUT2D eigenvalue weighted by atomic mass is 35.5. The molecule has 1 aliphatic rings. The van der Waals surface area contributed by atoms with Gasteiger partial charge in [-0.15, -0.1) is 0 Å². The molecule has 1 aromatic heterocycles. The first-order chi connectivity index (χ1) is 16.1. The molecule has 2 aromatic carbocycles. The van der Waals surface area contributed by atoms with Gasteiger partial charge in [0.1, 0.15) is 5.75 Å². The molecule has 0 bridgehead atoms. The fourth-order valence-corrected chi connectivity index (χ4v) is 4.06. The van der Waals surface area contributed by atoms with E-state index in [4.69, 9.17) is 16.3 Å². The molecule has 0 saturated carbocycles. The van der Waals surface area contributed by atoms with Crippen LogP contribution in [0.5, 0.6) is 5.75 Å². The van der Waals surface area contributed by atoms with E-state index in [1.54, 1.807) is 23.9 Å². The van der Waals surface area contributed by atoms with Gasteiger partial charge in [-0.3, -0.25) is 9.69 Å². The van der Waals surface area contributed by atoms with Gasteiger partial charge < -0.3 is 9.64 Å². The van der Waals surface area contributed by atoms with Crippen molar-refractivity contribution >= 4 is 29.4 Å². The topological polar surface area (TPSA) is 50.6 Å². The number of hydrogen-bond acceptors (Lipinski definition) is 5. The summed E-state index contributed by atoms with van der Waals surface area (Å²) in [6, 6.07) is 19.2. The molecule has 0 atom stereocenters. The zero-order chi connectivity index (χ0) is 23.0. The highest BCUT2D eigenvalue weighted by molar-refractivity contribution is 6.30. The molecular formula is C26H29ClN4O2. The van der Waals surface area contributed by atoms with Gasteiger partial charge in [-0.2, -0.15) is 5.10 Å². The number of halogens is 1. The SMILES string of the molecule is COc1ccc(N2CCN(CCCn3nc(/C=C/c4ccc(Cl)cc4)ccc3=O)CC2)cc1. The average Bonchev–Trinajstić information content (AvgIpc) is 2.86. The molecule has 0 radical (unpaired) electrons. The zero-order valence-electron chi connectivity index (χ0n) is 18.9. The van der Waals surface area contributed by atoms with Crippen molar-refractivity contribution < 1.29 is 4.74 Å². The Morgan fingerprint density at radius 1 is 0.909 bits per heavy atom. The van der Waals surface area contributed by atoms with E-state index in [2.05, 4.69) is 27.0 Å². The number of benzene rings is 2. The molecule has 0 amide bonds. The van der Waals surface area contributed by atoms with E-state index in [9.17, 15) is 4.79 Å². The van der Waals surface area contributed by atoms with Crippen LogP contribution in [-0.4, -0.2) is 54.5 Å². The van der Waals surface area contributed by atoms with Crippen molar-refractivity contribution in [2.45, 2.75) is 13.0 Å². The normalized spacial score (nSPS) is 14.7. The molecule has 0 spiro atoms. The third kappa shape index (κ3) is 6.46. The van der Waals surface area contributed by atoms with Crippen molar-refractivity contribution in [3.05, 3.63) is 87.3 Å². The summed E-state index contributed by atoms with van der Waals surface area (Å²) in [6.07, 6.45) is 4.77. The molecule has 2 heterocycles. The predicted molar refractivity (Wildman–Crippen MR) is 135 cm³/mol. The number of hydrogen-bond donors (Lipinski definition) is 0. The lowest BCUT2D eigenvalue weighted by atomic mass is 10.2. The van der Waals surface area contributed by atoms with Gasteiger partial charge >= 0.3 is 0 Å². The molecule has 172 valence electrons. The minimum atomic E-state index is -0.0667. The van der Waals surface area contributed by atoms with E-state index in [-0.39, 0.29) is 5.56 Å². The molecule has 4 rings (SSSR count). The molecule has 1 fully saturated rings. The summed E-state index contributed by atoms with van der Waals surface area (Å²) in [7, 11) is 1.69. The Hall–Kier alpha value is -3.09. The van der Waals surface area contributed by atoms with Gasteiger partial charge in [-0.25, -0.2) is 4.68 Å². The monoisotopic (exact) mass is 464 g/mol. The van der Waals surface area contributed by atoms with E-state index >= 15 is 0 Å². The van der Waals surface area contributed by atoms with Crippen molar-refractivity contribution in [3.8, 4) is 5.75 Å². The number of nitrogens with zero attached hydrogens (tertiary/aromatic N) is 4. The Morgan fingerprint density at radius 2 is 1.64 bits per heavy atom. The van der Waals surface area contributed by atoms with E-state index in [0.717, 1.165) is 56.2 Å².